The maximum absolute atomic E-state index is 11.5. The predicted octanol–water partition coefficient (Wildman–Crippen LogP) is 0.541. The van der Waals surface area contributed by atoms with Gasteiger partial charge in [0.25, 0.3) is 0 Å². The summed E-state index contributed by atoms with van der Waals surface area (Å²) in [7, 11) is 0. The predicted molar refractivity (Wildman–Crippen MR) is 38.7 cm³/mol. The molecular formula is C6H10F3NO4. The lowest BCUT2D eigenvalue weighted by atomic mass is 10.2. The van der Waals surface area contributed by atoms with E-state index >= 15 is 0 Å². The van der Waals surface area contributed by atoms with Crippen molar-refractivity contribution in [2.75, 3.05) is 13.2 Å². The molecule has 0 aliphatic heterocycles. The zero-order valence-electron chi connectivity index (χ0n) is 7.04. The second kappa shape index (κ2) is 5.66. The molecule has 0 aromatic carbocycles. The van der Waals surface area contributed by atoms with Gasteiger partial charge in [-0.1, -0.05) is 0 Å². The zero-order valence-corrected chi connectivity index (χ0v) is 7.04. The van der Waals surface area contributed by atoms with Gasteiger partial charge in [0, 0.05) is 0 Å². The number of halogens is 3. The maximum atomic E-state index is 11.5. The number of nitrogens with one attached hydrogen (secondary N) is 1. The standard InChI is InChI=1S/C6H10F3NO4/c7-6(8,9)14-2-1-4(3-11)10-5(12)13/h4,10-11H,1-3H2,(H,12,13)/t4-/m0/s1. The first-order chi connectivity index (χ1) is 6.35. The van der Waals surface area contributed by atoms with E-state index in [1.165, 1.54) is 0 Å². The van der Waals surface area contributed by atoms with E-state index in [1.54, 1.807) is 0 Å². The van der Waals surface area contributed by atoms with Crippen LogP contribution in [0.25, 0.3) is 0 Å². The molecule has 0 unspecified atom stereocenters. The maximum Gasteiger partial charge on any atom is 0.522 e. The number of hydrogen-bond acceptors (Lipinski definition) is 3. The van der Waals surface area contributed by atoms with E-state index in [9.17, 15) is 18.0 Å². The molecule has 1 atom stereocenters. The first-order valence-electron chi connectivity index (χ1n) is 3.66. The number of alkyl halides is 3. The number of rotatable bonds is 5. The van der Waals surface area contributed by atoms with Gasteiger partial charge in [-0.15, -0.1) is 13.2 Å². The highest BCUT2D eigenvalue weighted by Gasteiger charge is 2.29. The molecule has 0 rings (SSSR count). The van der Waals surface area contributed by atoms with Gasteiger partial charge in [0.2, 0.25) is 0 Å². The Hall–Kier alpha value is -1.02. The van der Waals surface area contributed by atoms with Crippen LogP contribution in [0.3, 0.4) is 0 Å². The Morgan fingerprint density at radius 1 is 1.50 bits per heavy atom. The van der Waals surface area contributed by atoms with Crippen LogP contribution in [0.2, 0.25) is 0 Å². The molecule has 3 N–H and O–H groups in total. The number of hydrogen-bond donors (Lipinski definition) is 3. The summed E-state index contributed by atoms with van der Waals surface area (Å²) >= 11 is 0. The lowest BCUT2D eigenvalue weighted by Gasteiger charge is -2.14. The minimum Gasteiger partial charge on any atom is -0.465 e. The number of aliphatic hydroxyl groups excluding tert-OH is 1. The molecule has 5 nitrogen and oxygen atoms in total. The van der Waals surface area contributed by atoms with E-state index in [0.29, 0.717) is 0 Å². The van der Waals surface area contributed by atoms with Gasteiger partial charge in [-0.25, -0.2) is 4.79 Å². The van der Waals surface area contributed by atoms with Crippen LogP contribution in [0.5, 0.6) is 0 Å². The van der Waals surface area contributed by atoms with E-state index in [1.807, 2.05) is 5.32 Å². The van der Waals surface area contributed by atoms with Crippen molar-refractivity contribution in [2.45, 2.75) is 18.8 Å². The minimum atomic E-state index is -4.73. The van der Waals surface area contributed by atoms with Crippen LogP contribution >= 0.6 is 0 Å². The highest BCUT2D eigenvalue weighted by molar-refractivity contribution is 5.64. The van der Waals surface area contributed by atoms with E-state index in [-0.39, 0.29) is 6.42 Å². The van der Waals surface area contributed by atoms with Crippen LogP contribution in [0.4, 0.5) is 18.0 Å². The van der Waals surface area contributed by atoms with Gasteiger partial charge in [0.05, 0.1) is 19.3 Å². The average Bonchev–Trinajstić information content (AvgIpc) is 1.99. The molecular weight excluding hydrogens is 207 g/mol. The fraction of sp³-hybridized carbons (Fsp3) is 0.833. The second-order valence-electron chi connectivity index (χ2n) is 2.41. The van der Waals surface area contributed by atoms with Gasteiger partial charge in [-0.05, 0) is 6.42 Å². The Balaban J connectivity index is 3.68. The topological polar surface area (TPSA) is 78.8 Å². The number of amides is 1. The number of carbonyl (C=O) groups is 1. The molecule has 0 spiro atoms. The fourth-order valence-electron chi connectivity index (χ4n) is 0.701. The molecule has 0 aliphatic carbocycles. The summed E-state index contributed by atoms with van der Waals surface area (Å²) in [6, 6.07) is -0.949. The molecule has 0 saturated carbocycles. The van der Waals surface area contributed by atoms with Gasteiger partial charge < -0.3 is 15.5 Å². The van der Waals surface area contributed by atoms with Crippen molar-refractivity contribution < 1.29 is 32.9 Å². The summed E-state index contributed by atoms with van der Waals surface area (Å²) in [6.45, 7) is -1.28. The summed E-state index contributed by atoms with van der Waals surface area (Å²) in [6.07, 6.45) is -6.39. The van der Waals surface area contributed by atoms with E-state index < -0.39 is 31.7 Å². The summed E-state index contributed by atoms with van der Waals surface area (Å²) < 4.78 is 37.8. The normalized spacial score (nSPS) is 13.7. The zero-order chi connectivity index (χ0) is 11.2. The number of aliphatic hydroxyl groups is 1. The molecule has 84 valence electrons. The van der Waals surface area contributed by atoms with Crippen LogP contribution in [-0.2, 0) is 4.74 Å². The molecule has 0 bridgehead atoms. The van der Waals surface area contributed by atoms with E-state index in [4.69, 9.17) is 10.2 Å². The van der Waals surface area contributed by atoms with Crippen molar-refractivity contribution in [2.24, 2.45) is 0 Å². The van der Waals surface area contributed by atoms with Crippen molar-refractivity contribution in [1.29, 1.82) is 0 Å². The Morgan fingerprint density at radius 3 is 2.43 bits per heavy atom. The molecule has 8 heteroatoms. The Labute approximate surface area is 77.5 Å². The fourth-order valence-corrected chi connectivity index (χ4v) is 0.701. The highest BCUT2D eigenvalue weighted by atomic mass is 19.4. The largest absolute Gasteiger partial charge is 0.522 e. The molecule has 0 radical (unpaired) electrons. The van der Waals surface area contributed by atoms with E-state index in [0.717, 1.165) is 0 Å². The Morgan fingerprint density at radius 2 is 2.07 bits per heavy atom. The Bertz CT molecular complexity index is 184. The van der Waals surface area contributed by atoms with Gasteiger partial charge in [0.1, 0.15) is 0 Å². The van der Waals surface area contributed by atoms with Crippen molar-refractivity contribution in [3.63, 3.8) is 0 Å². The van der Waals surface area contributed by atoms with Crippen LogP contribution in [0.1, 0.15) is 6.42 Å². The summed E-state index contributed by atoms with van der Waals surface area (Å²) in [4.78, 5) is 10.0. The SMILES string of the molecule is O=C(O)N[C@H](CO)CCOC(F)(F)F. The van der Waals surface area contributed by atoms with Crippen molar-refractivity contribution in [3.8, 4) is 0 Å². The molecule has 1 amide bonds. The number of carboxylic acid groups (broad SMARTS) is 1. The minimum absolute atomic E-state index is 0.248. The molecule has 0 aromatic heterocycles. The lowest BCUT2D eigenvalue weighted by molar-refractivity contribution is -0.325. The van der Waals surface area contributed by atoms with Crippen molar-refractivity contribution in [1.82, 2.24) is 5.32 Å². The van der Waals surface area contributed by atoms with Gasteiger partial charge in [-0.3, -0.25) is 4.74 Å². The quantitative estimate of drug-likeness (QED) is 0.628. The van der Waals surface area contributed by atoms with Gasteiger partial charge >= 0.3 is 12.5 Å². The highest BCUT2D eigenvalue weighted by Crippen LogP contribution is 2.16. The van der Waals surface area contributed by atoms with Crippen LogP contribution < -0.4 is 5.32 Å². The van der Waals surface area contributed by atoms with Gasteiger partial charge in [-0.2, -0.15) is 0 Å². The monoisotopic (exact) mass is 217 g/mol. The third-order valence-electron chi connectivity index (χ3n) is 1.28. The summed E-state index contributed by atoms with van der Waals surface area (Å²) in [5.74, 6) is 0. The molecule has 14 heavy (non-hydrogen) atoms. The molecule has 0 fully saturated rings. The number of ether oxygens (including phenoxy) is 1. The van der Waals surface area contributed by atoms with Crippen LogP contribution in [-0.4, -0.2) is 41.9 Å². The van der Waals surface area contributed by atoms with Crippen molar-refractivity contribution >= 4 is 6.09 Å². The smallest absolute Gasteiger partial charge is 0.465 e. The molecule has 0 saturated heterocycles. The molecule has 0 heterocycles. The van der Waals surface area contributed by atoms with Crippen LogP contribution in [0, 0.1) is 0 Å². The third-order valence-corrected chi connectivity index (χ3v) is 1.28. The van der Waals surface area contributed by atoms with E-state index in [2.05, 4.69) is 4.74 Å². The van der Waals surface area contributed by atoms with Crippen molar-refractivity contribution in [3.05, 3.63) is 0 Å². The summed E-state index contributed by atoms with van der Waals surface area (Å²) in [5.41, 5.74) is 0. The molecule has 0 aliphatic rings. The lowest BCUT2D eigenvalue weighted by Crippen LogP contribution is -2.37. The second-order valence-corrected chi connectivity index (χ2v) is 2.41. The average molecular weight is 217 g/mol. The third kappa shape index (κ3) is 7.62. The first-order valence-corrected chi connectivity index (χ1v) is 3.66. The Kier molecular flexibility index (Phi) is 5.24. The first kappa shape index (κ1) is 13.0. The van der Waals surface area contributed by atoms with Crippen LogP contribution in [0.15, 0.2) is 0 Å². The molecule has 0 aromatic rings. The summed E-state index contributed by atoms with van der Waals surface area (Å²) in [5, 5.41) is 18.6. The van der Waals surface area contributed by atoms with Gasteiger partial charge in [0.15, 0.2) is 0 Å².